The Hall–Kier alpha value is -1.30. The highest BCUT2D eigenvalue weighted by Crippen LogP contribution is 2.23. The molecular formula is C14H21F3N2O. The van der Waals surface area contributed by atoms with Gasteiger partial charge in [0.25, 0.3) is 0 Å². The predicted molar refractivity (Wildman–Crippen MR) is 71.9 cm³/mol. The van der Waals surface area contributed by atoms with Crippen molar-refractivity contribution in [1.29, 1.82) is 0 Å². The third-order valence-electron chi connectivity index (χ3n) is 2.99. The molecule has 1 aromatic rings. The van der Waals surface area contributed by atoms with Gasteiger partial charge >= 0.3 is 6.18 Å². The zero-order valence-corrected chi connectivity index (χ0v) is 11.8. The Morgan fingerprint density at radius 1 is 1.35 bits per heavy atom. The van der Waals surface area contributed by atoms with E-state index >= 15 is 0 Å². The molecule has 1 aromatic heterocycles. The Morgan fingerprint density at radius 2 is 2.10 bits per heavy atom. The lowest BCUT2D eigenvalue weighted by Gasteiger charge is -2.18. The van der Waals surface area contributed by atoms with E-state index < -0.39 is 12.6 Å². The van der Waals surface area contributed by atoms with Crippen LogP contribution in [0.4, 0.5) is 13.2 Å². The summed E-state index contributed by atoms with van der Waals surface area (Å²) in [6.45, 7) is 2.68. The molecule has 1 atom stereocenters. The maximum atomic E-state index is 12.2. The lowest BCUT2D eigenvalue weighted by molar-refractivity contribution is -0.135. The lowest BCUT2D eigenvalue weighted by Crippen LogP contribution is -2.31. The first-order chi connectivity index (χ1) is 9.44. The number of aromatic nitrogens is 1. The summed E-state index contributed by atoms with van der Waals surface area (Å²) in [5.41, 5.74) is 0.990. The van der Waals surface area contributed by atoms with E-state index in [1.807, 2.05) is 13.0 Å². The lowest BCUT2D eigenvalue weighted by atomic mass is 10.0. The number of hydrogen-bond donors (Lipinski definition) is 1. The first-order valence-corrected chi connectivity index (χ1v) is 6.73. The average Bonchev–Trinajstić information content (AvgIpc) is 2.38. The quantitative estimate of drug-likeness (QED) is 0.797. The number of nitrogens with zero attached hydrogens (tertiary/aromatic N) is 1. The van der Waals surface area contributed by atoms with Gasteiger partial charge in [0.2, 0.25) is 5.88 Å². The number of hydrogen-bond acceptors (Lipinski definition) is 3. The zero-order chi connectivity index (χ0) is 15.0. The molecule has 0 fully saturated rings. The molecule has 0 aliphatic heterocycles. The molecule has 0 aliphatic rings. The summed E-state index contributed by atoms with van der Waals surface area (Å²) in [5, 5.41) is 3.22. The van der Waals surface area contributed by atoms with E-state index in [2.05, 4.69) is 10.3 Å². The van der Waals surface area contributed by atoms with Crippen LogP contribution in [0.15, 0.2) is 18.3 Å². The van der Waals surface area contributed by atoms with Crippen LogP contribution in [0.2, 0.25) is 0 Å². The number of likely N-dealkylation sites (N-methyl/N-ethyl adjacent to an activating group) is 1. The molecule has 0 bridgehead atoms. The van der Waals surface area contributed by atoms with Gasteiger partial charge in [0.05, 0.1) is 7.11 Å². The van der Waals surface area contributed by atoms with Gasteiger partial charge in [0.1, 0.15) is 0 Å². The van der Waals surface area contributed by atoms with Crippen molar-refractivity contribution in [2.45, 2.75) is 44.8 Å². The van der Waals surface area contributed by atoms with E-state index in [4.69, 9.17) is 4.74 Å². The van der Waals surface area contributed by atoms with Crippen molar-refractivity contribution in [2.75, 3.05) is 13.7 Å². The Morgan fingerprint density at radius 3 is 2.60 bits per heavy atom. The molecule has 1 unspecified atom stereocenters. The molecule has 0 spiro atoms. The highest BCUT2D eigenvalue weighted by Gasteiger charge is 2.26. The van der Waals surface area contributed by atoms with Crippen LogP contribution >= 0.6 is 0 Å². The molecule has 114 valence electrons. The summed E-state index contributed by atoms with van der Waals surface area (Å²) in [4.78, 5) is 4.10. The number of halogens is 3. The topological polar surface area (TPSA) is 34.1 Å². The fraction of sp³-hybridized carbons (Fsp3) is 0.643. The minimum absolute atomic E-state index is 0.0394. The average molecular weight is 290 g/mol. The van der Waals surface area contributed by atoms with E-state index in [9.17, 15) is 13.2 Å². The molecule has 0 saturated heterocycles. The Kier molecular flexibility index (Phi) is 6.78. The molecule has 1 N–H and O–H groups in total. The van der Waals surface area contributed by atoms with Gasteiger partial charge in [-0.2, -0.15) is 13.2 Å². The number of rotatable bonds is 8. The summed E-state index contributed by atoms with van der Waals surface area (Å²) in [7, 11) is 1.54. The maximum absolute atomic E-state index is 12.2. The molecule has 0 saturated carbocycles. The third-order valence-corrected chi connectivity index (χ3v) is 2.99. The van der Waals surface area contributed by atoms with Crippen molar-refractivity contribution in [2.24, 2.45) is 0 Å². The van der Waals surface area contributed by atoms with Crippen molar-refractivity contribution >= 4 is 0 Å². The van der Waals surface area contributed by atoms with Crippen LogP contribution in [0.25, 0.3) is 0 Å². The van der Waals surface area contributed by atoms with Crippen LogP contribution in [0.1, 0.15) is 31.7 Å². The van der Waals surface area contributed by atoms with Crippen LogP contribution in [0.5, 0.6) is 5.88 Å². The van der Waals surface area contributed by atoms with E-state index in [0.29, 0.717) is 18.7 Å². The molecule has 20 heavy (non-hydrogen) atoms. The zero-order valence-electron chi connectivity index (χ0n) is 11.8. The Balaban J connectivity index is 2.48. The van der Waals surface area contributed by atoms with Crippen molar-refractivity contribution < 1.29 is 17.9 Å². The van der Waals surface area contributed by atoms with Crippen LogP contribution in [0, 0.1) is 0 Å². The number of ether oxygens (including phenoxy) is 1. The standard InChI is InChI=1S/C14H21F3N2O/c1-3-18-12(5-4-8-14(15,16)17)9-11-6-7-13(20-2)19-10-11/h6-7,10,12,18H,3-5,8-9H2,1-2H3. The summed E-state index contributed by atoms with van der Waals surface area (Å²) in [6, 6.07) is 3.69. The molecule has 1 heterocycles. The molecule has 0 aromatic carbocycles. The van der Waals surface area contributed by atoms with Gasteiger partial charge in [-0.05, 0) is 31.4 Å². The van der Waals surface area contributed by atoms with Crippen LogP contribution < -0.4 is 10.1 Å². The summed E-state index contributed by atoms with van der Waals surface area (Å²) in [6.07, 6.45) is -1.78. The van der Waals surface area contributed by atoms with E-state index in [1.54, 1.807) is 19.4 Å². The van der Waals surface area contributed by atoms with Gasteiger partial charge in [0.15, 0.2) is 0 Å². The van der Waals surface area contributed by atoms with Gasteiger partial charge in [-0.25, -0.2) is 4.98 Å². The number of pyridine rings is 1. The number of nitrogens with one attached hydrogen (secondary N) is 1. The minimum Gasteiger partial charge on any atom is -0.481 e. The van der Waals surface area contributed by atoms with E-state index in [0.717, 1.165) is 12.1 Å². The monoisotopic (exact) mass is 290 g/mol. The minimum atomic E-state index is -4.07. The van der Waals surface area contributed by atoms with E-state index in [-0.39, 0.29) is 12.5 Å². The second kappa shape index (κ2) is 8.09. The van der Waals surface area contributed by atoms with Gasteiger partial charge in [-0.3, -0.25) is 0 Å². The third kappa shape index (κ3) is 6.75. The largest absolute Gasteiger partial charge is 0.481 e. The first-order valence-electron chi connectivity index (χ1n) is 6.73. The SMILES string of the molecule is CCNC(CCCC(F)(F)F)Cc1ccc(OC)nc1. The van der Waals surface area contributed by atoms with Gasteiger partial charge in [-0.15, -0.1) is 0 Å². The van der Waals surface area contributed by atoms with Crippen LogP contribution in [-0.2, 0) is 6.42 Å². The second-order valence-electron chi connectivity index (χ2n) is 4.67. The summed E-state index contributed by atoms with van der Waals surface area (Å²) in [5.74, 6) is 0.533. The van der Waals surface area contributed by atoms with Crippen molar-refractivity contribution in [3.8, 4) is 5.88 Å². The summed E-state index contributed by atoms with van der Waals surface area (Å²) >= 11 is 0. The Labute approximate surface area is 117 Å². The summed E-state index contributed by atoms with van der Waals surface area (Å²) < 4.78 is 41.4. The number of methoxy groups -OCH3 is 1. The van der Waals surface area contributed by atoms with Crippen molar-refractivity contribution in [3.05, 3.63) is 23.9 Å². The normalized spacial score (nSPS) is 13.2. The fourth-order valence-electron chi connectivity index (χ4n) is 2.05. The van der Waals surface area contributed by atoms with E-state index in [1.165, 1.54) is 0 Å². The molecule has 0 radical (unpaired) electrons. The molecule has 6 heteroatoms. The Bertz CT molecular complexity index is 379. The van der Waals surface area contributed by atoms with Crippen molar-refractivity contribution in [3.63, 3.8) is 0 Å². The highest BCUT2D eigenvalue weighted by atomic mass is 19.4. The van der Waals surface area contributed by atoms with Gasteiger partial charge in [-0.1, -0.05) is 13.0 Å². The molecule has 0 amide bonds. The highest BCUT2D eigenvalue weighted by molar-refractivity contribution is 5.18. The maximum Gasteiger partial charge on any atom is 0.389 e. The molecule has 1 rings (SSSR count). The number of alkyl halides is 3. The fourth-order valence-corrected chi connectivity index (χ4v) is 2.05. The van der Waals surface area contributed by atoms with Crippen LogP contribution in [0.3, 0.4) is 0 Å². The predicted octanol–water partition coefficient (Wildman–Crippen LogP) is 3.34. The van der Waals surface area contributed by atoms with Crippen LogP contribution in [-0.4, -0.2) is 30.9 Å². The molecular weight excluding hydrogens is 269 g/mol. The van der Waals surface area contributed by atoms with Crippen molar-refractivity contribution in [1.82, 2.24) is 10.3 Å². The van der Waals surface area contributed by atoms with Gasteiger partial charge in [0, 0.05) is 24.7 Å². The smallest absolute Gasteiger partial charge is 0.389 e. The molecule has 0 aliphatic carbocycles. The molecule has 3 nitrogen and oxygen atoms in total. The first kappa shape index (κ1) is 16.8. The van der Waals surface area contributed by atoms with Gasteiger partial charge < -0.3 is 10.1 Å². The second-order valence-corrected chi connectivity index (χ2v) is 4.67.